The first-order valence-corrected chi connectivity index (χ1v) is 10.3. The summed E-state index contributed by atoms with van der Waals surface area (Å²) in [6, 6.07) is 17.5. The van der Waals surface area contributed by atoms with Crippen LogP contribution in [0.5, 0.6) is 0 Å². The van der Waals surface area contributed by atoms with Gasteiger partial charge in [-0.3, -0.25) is 4.40 Å². The van der Waals surface area contributed by atoms with Crippen LogP contribution in [0, 0.1) is 24.1 Å². The lowest BCUT2D eigenvalue weighted by Crippen LogP contribution is -2.00. The van der Waals surface area contributed by atoms with E-state index < -0.39 is 0 Å². The number of nitrogens with zero attached hydrogens (tertiary/aromatic N) is 5. The predicted octanol–water partition coefficient (Wildman–Crippen LogP) is 4.74. The maximum atomic E-state index is 13.4. The Hall–Kier alpha value is -4.48. The number of aryl methyl sites for hydroxylation is 1. The minimum atomic E-state index is -0.350. The highest BCUT2D eigenvalue weighted by atomic mass is 19.1. The van der Waals surface area contributed by atoms with Crippen molar-refractivity contribution in [1.29, 1.82) is 5.26 Å². The van der Waals surface area contributed by atoms with Gasteiger partial charge in [-0.05, 0) is 61.5 Å². The van der Waals surface area contributed by atoms with Gasteiger partial charge in [-0.15, -0.1) is 0 Å². The molecule has 0 aliphatic carbocycles. The molecule has 0 aliphatic heterocycles. The molecule has 162 valence electrons. The summed E-state index contributed by atoms with van der Waals surface area (Å²) in [5.74, 6) is -0.350. The third-order valence-electron chi connectivity index (χ3n) is 5.39. The van der Waals surface area contributed by atoms with Crippen molar-refractivity contribution in [3.63, 3.8) is 0 Å². The van der Waals surface area contributed by atoms with E-state index in [-0.39, 0.29) is 12.4 Å². The Morgan fingerprint density at radius 1 is 1.15 bits per heavy atom. The van der Waals surface area contributed by atoms with Crippen LogP contribution in [0.3, 0.4) is 0 Å². The number of hydrogen-bond donors (Lipinski definition) is 2. The second kappa shape index (κ2) is 8.22. The molecule has 0 radical (unpaired) electrons. The number of aliphatic hydroxyl groups excluding tert-OH is 1. The molecule has 0 unspecified atom stereocenters. The van der Waals surface area contributed by atoms with Crippen LogP contribution in [0.4, 0.5) is 15.8 Å². The summed E-state index contributed by atoms with van der Waals surface area (Å²) < 4.78 is 16.9. The predicted molar refractivity (Wildman–Crippen MR) is 123 cm³/mol. The Labute approximate surface area is 189 Å². The Bertz CT molecular complexity index is 1510. The summed E-state index contributed by atoms with van der Waals surface area (Å²) in [5.41, 5.74) is 5.98. The molecule has 2 N–H and O–H groups in total. The summed E-state index contributed by atoms with van der Waals surface area (Å²) in [6.45, 7) is 1.77. The van der Waals surface area contributed by atoms with Crippen LogP contribution in [0.15, 0.2) is 73.3 Å². The number of nitrogens with one attached hydrogen (secondary N) is 1. The summed E-state index contributed by atoms with van der Waals surface area (Å²) >= 11 is 0. The van der Waals surface area contributed by atoms with Gasteiger partial charge in [0.2, 0.25) is 0 Å². The average molecular weight is 438 g/mol. The number of halogens is 1. The molecule has 0 bridgehead atoms. The highest BCUT2D eigenvalue weighted by Gasteiger charge is 2.16. The van der Waals surface area contributed by atoms with Gasteiger partial charge in [0.05, 0.1) is 30.0 Å². The molecule has 0 fully saturated rings. The number of aromatic nitrogens is 4. The number of anilines is 2. The zero-order chi connectivity index (χ0) is 22.9. The maximum absolute atomic E-state index is 13.4. The van der Waals surface area contributed by atoms with Crippen molar-refractivity contribution < 1.29 is 9.50 Å². The monoisotopic (exact) mass is 438 g/mol. The number of benzene rings is 2. The van der Waals surface area contributed by atoms with Crippen LogP contribution in [-0.4, -0.2) is 24.0 Å². The third kappa shape index (κ3) is 3.71. The molecule has 0 saturated carbocycles. The van der Waals surface area contributed by atoms with Gasteiger partial charge in [0.15, 0.2) is 11.3 Å². The smallest absolute Gasteiger partial charge is 0.162 e. The lowest BCUT2D eigenvalue weighted by atomic mass is 10.1. The first kappa shape index (κ1) is 20.4. The minimum Gasteiger partial charge on any atom is -0.392 e. The zero-order valence-electron chi connectivity index (χ0n) is 17.7. The first-order chi connectivity index (χ1) is 16.1. The number of pyridine rings is 1. The number of imidazole rings is 2. The van der Waals surface area contributed by atoms with Crippen molar-refractivity contribution in [3.05, 3.63) is 96.1 Å². The first-order valence-electron chi connectivity index (χ1n) is 10.3. The molecule has 0 amide bonds. The van der Waals surface area contributed by atoms with Crippen molar-refractivity contribution in [2.75, 3.05) is 5.32 Å². The van der Waals surface area contributed by atoms with E-state index in [1.807, 2.05) is 48.0 Å². The summed E-state index contributed by atoms with van der Waals surface area (Å²) in [4.78, 5) is 8.93. The SMILES string of the molecule is Cc1cn(-c2ccc(Nc3cccn4c(C#N)c(-c5ccc(F)cc5)nc34)cc2CO)cn1. The van der Waals surface area contributed by atoms with Crippen LogP contribution >= 0.6 is 0 Å². The second-order valence-corrected chi connectivity index (χ2v) is 7.59. The Morgan fingerprint density at radius 2 is 1.97 bits per heavy atom. The molecule has 2 aromatic carbocycles. The second-order valence-electron chi connectivity index (χ2n) is 7.59. The van der Waals surface area contributed by atoms with Crippen molar-refractivity contribution in [2.45, 2.75) is 13.5 Å². The lowest BCUT2D eigenvalue weighted by molar-refractivity contribution is 0.281. The largest absolute Gasteiger partial charge is 0.392 e. The van der Waals surface area contributed by atoms with Crippen LogP contribution in [0.2, 0.25) is 0 Å². The molecule has 0 saturated heterocycles. The van der Waals surface area contributed by atoms with Crippen LogP contribution < -0.4 is 5.32 Å². The fourth-order valence-electron chi connectivity index (χ4n) is 3.83. The lowest BCUT2D eigenvalue weighted by Gasteiger charge is -2.13. The van der Waals surface area contributed by atoms with Crippen molar-refractivity contribution in [3.8, 4) is 23.0 Å². The summed E-state index contributed by atoms with van der Waals surface area (Å²) in [5, 5.41) is 23.0. The molecule has 5 rings (SSSR count). The van der Waals surface area contributed by atoms with Crippen molar-refractivity contribution in [2.24, 2.45) is 0 Å². The van der Waals surface area contributed by atoms with E-state index in [1.165, 1.54) is 12.1 Å². The van der Waals surface area contributed by atoms with E-state index in [2.05, 4.69) is 21.4 Å². The fraction of sp³-hybridized carbons (Fsp3) is 0.0800. The number of rotatable bonds is 5. The maximum Gasteiger partial charge on any atom is 0.162 e. The van der Waals surface area contributed by atoms with Gasteiger partial charge in [0.1, 0.15) is 17.6 Å². The normalized spacial score (nSPS) is 11.0. The number of fused-ring (bicyclic) bond motifs is 1. The Balaban J connectivity index is 1.56. The quantitative estimate of drug-likeness (QED) is 0.414. The molecule has 0 spiro atoms. The number of nitriles is 1. The summed E-state index contributed by atoms with van der Waals surface area (Å²) in [7, 11) is 0. The minimum absolute atomic E-state index is 0.136. The van der Waals surface area contributed by atoms with Gasteiger partial charge < -0.3 is 15.0 Å². The van der Waals surface area contributed by atoms with Crippen molar-refractivity contribution in [1.82, 2.24) is 18.9 Å². The van der Waals surface area contributed by atoms with Gasteiger partial charge in [-0.1, -0.05) is 0 Å². The van der Waals surface area contributed by atoms with Gasteiger partial charge >= 0.3 is 0 Å². The van der Waals surface area contributed by atoms with E-state index >= 15 is 0 Å². The van der Waals surface area contributed by atoms with Gasteiger partial charge in [-0.25, -0.2) is 14.4 Å². The molecule has 7 nitrogen and oxygen atoms in total. The van der Waals surface area contributed by atoms with Crippen LogP contribution in [0.1, 0.15) is 17.0 Å². The Kier molecular flexibility index (Phi) is 5.09. The summed E-state index contributed by atoms with van der Waals surface area (Å²) in [6.07, 6.45) is 5.37. The molecule has 3 aromatic heterocycles. The van der Waals surface area contributed by atoms with E-state index in [1.54, 1.807) is 29.1 Å². The molecule has 0 aliphatic rings. The van der Waals surface area contributed by atoms with Crippen molar-refractivity contribution >= 4 is 17.0 Å². The zero-order valence-corrected chi connectivity index (χ0v) is 17.7. The molecule has 33 heavy (non-hydrogen) atoms. The topological polar surface area (TPSA) is 91.2 Å². The van der Waals surface area contributed by atoms with Gasteiger partial charge in [0.25, 0.3) is 0 Å². The van der Waals surface area contributed by atoms with Crippen LogP contribution in [-0.2, 0) is 6.61 Å². The highest BCUT2D eigenvalue weighted by Crippen LogP contribution is 2.30. The number of hydrogen-bond acceptors (Lipinski definition) is 5. The van der Waals surface area contributed by atoms with Gasteiger partial charge in [0, 0.05) is 29.2 Å². The Morgan fingerprint density at radius 3 is 2.67 bits per heavy atom. The third-order valence-corrected chi connectivity index (χ3v) is 5.39. The average Bonchev–Trinajstić information content (AvgIpc) is 3.43. The molecular weight excluding hydrogens is 419 g/mol. The molecule has 8 heteroatoms. The van der Waals surface area contributed by atoms with E-state index in [0.29, 0.717) is 28.3 Å². The molecule has 0 atom stereocenters. The molecule has 5 aromatic rings. The van der Waals surface area contributed by atoms with Gasteiger partial charge in [-0.2, -0.15) is 5.26 Å². The molecular formula is C25H19FN6O. The van der Waals surface area contributed by atoms with E-state index in [4.69, 9.17) is 0 Å². The standard InChI is InChI=1S/C25H19FN6O/c1-16-13-31(15-28-16)22-9-8-20(11-18(22)14-33)29-21-3-2-10-32-23(12-27)24(30-25(21)32)17-4-6-19(26)7-5-17/h2-11,13,15,29,33H,14H2,1H3. The highest BCUT2D eigenvalue weighted by molar-refractivity contribution is 5.79. The molecule has 3 heterocycles. The van der Waals surface area contributed by atoms with E-state index in [9.17, 15) is 14.8 Å². The van der Waals surface area contributed by atoms with E-state index in [0.717, 1.165) is 22.6 Å². The fourth-order valence-corrected chi connectivity index (χ4v) is 3.83. The van der Waals surface area contributed by atoms with Crippen LogP contribution in [0.25, 0.3) is 22.6 Å². The number of aliphatic hydroxyl groups is 1.